The highest BCUT2D eigenvalue weighted by atomic mass is 79.9. The first kappa shape index (κ1) is 16.2. The zero-order valence-corrected chi connectivity index (χ0v) is 14.4. The minimum absolute atomic E-state index is 0.707. The van der Waals surface area contributed by atoms with Crippen molar-refractivity contribution in [2.75, 3.05) is 20.3 Å². The van der Waals surface area contributed by atoms with Crippen LogP contribution >= 0.6 is 15.9 Å². The van der Waals surface area contributed by atoms with Crippen molar-refractivity contribution >= 4 is 15.9 Å². The lowest BCUT2D eigenvalue weighted by molar-refractivity contribution is 0.199. The molecule has 0 aliphatic carbocycles. The fourth-order valence-electron chi connectivity index (χ4n) is 2.18. The molecule has 0 amide bonds. The maximum Gasteiger partial charge on any atom is 0.0843 e. The van der Waals surface area contributed by atoms with Gasteiger partial charge in [-0.2, -0.15) is 10.2 Å². The SMILES string of the molecule is CCc1nn(C)c(Cn2nccc2CNCCOC)c1Br. The van der Waals surface area contributed by atoms with Crippen LogP contribution in [0.2, 0.25) is 0 Å². The molecule has 2 rings (SSSR count). The molecule has 116 valence electrons. The van der Waals surface area contributed by atoms with E-state index in [1.807, 2.05) is 28.7 Å². The zero-order valence-electron chi connectivity index (χ0n) is 12.8. The number of halogens is 1. The number of hydrogen-bond acceptors (Lipinski definition) is 4. The lowest BCUT2D eigenvalue weighted by Gasteiger charge is -2.09. The number of aromatic nitrogens is 4. The first-order chi connectivity index (χ1) is 10.2. The Balaban J connectivity index is 2.07. The van der Waals surface area contributed by atoms with Crippen LogP contribution in [0.25, 0.3) is 0 Å². The fraction of sp³-hybridized carbons (Fsp3) is 0.571. The van der Waals surface area contributed by atoms with Crippen LogP contribution in [0.15, 0.2) is 16.7 Å². The average molecular weight is 356 g/mol. The Morgan fingerprint density at radius 2 is 2.24 bits per heavy atom. The van der Waals surface area contributed by atoms with Crippen molar-refractivity contribution in [1.82, 2.24) is 24.9 Å². The first-order valence-electron chi connectivity index (χ1n) is 7.08. The third-order valence-corrected chi connectivity index (χ3v) is 4.31. The van der Waals surface area contributed by atoms with Crippen molar-refractivity contribution in [2.45, 2.75) is 26.4 Å². The summed E-state index contributed by atoms with van der Waals surface area (Å²) in [5.74, 6) is 0. The molecule has 2 aromatic heterocycles. The van der Waals surface area contributed by atoms with Crippen molar-refractivity contribution < 1.29 is 4.74 Å². The molecule has 2 aromatic rings. The van der Waals surface area contributed by atoms with E-state index in [2.05, 4.69) is 38.4 Å². The Labute approximate surface area is 133 Å². The molecule has 1 N–H and O–H groups in total. The Hall–Kier alpha value is -1.18. The maximum absolute atomic E-state index is 5.03. The van der Waals surface area contributed by atoms with Gasteiger partial charge in [0, 0.05) is 33.4 Å². The molecule has 0 fully saturated rings. The molecule has 0 aliphatic rings. The van der Waals surface area contributed by atoms with Crippen LogP contribution in [0.1, 0.15) is 24.0 Å². The highest BCUT2D eigenvalue weighted by molar-refractivity contribution is 9.10. The number of rotatable bonds is 8. The summed E-state index contributed by atoms with van der Waals surface area (Å²) in [4.78, 5) is 0. The van der Waals surface area contributed by atoms with Gasteiger partial charge in [-0.05, 0) is 28.4 Å². The van der Waals surface area contributed by atoms with E-state index >= 15 is 0 Å². The van der Waals surface area contributed by atoms with Crippen LogP contribution in [0.5, 0.6) is 0 Å². The van der Waals surface area contributed by atoms with Crippen LogP contribution in [-0.2, 0) is 31.3 Å². The molecule has 21 heavy (non-hydrogen) atoms. The molecule has 2 heterocycles. The van der Waals surface area contributed by atoms with E-state index in [4.69, 9.17) is 4.74 Å². The second kappa shape index (κ2) is 7.72. The largest absolute Gasteiger partial charge is 0.383 e. The molecule has 0 atom stereocenters. The minimum Gasteiger partial charge on any atom is -0.383 e. The van der Waals surface area contributed by atoms with Crippen LogP contribution < -0.4 is 5.32 Å². The lowest BCUT2D eigenvalue weighted by Crippen LogP contribution is -2.21. The van der Waals surface area contributed by atoms with Gasteiger partial charge < -0.3 is 10.1 Å². The predicted molar refractivity (Wildman–Crippen MR) is 85.2 cm³/mol. The van der Waals surface area contributed by atoms with Crippen molar-refractivity contribution in [3.63, 3.8) is 0 Å². The third-order valence-electron chi connectivity index (χ3n) is 3.40. The average Bonchev–Trinajstić information content (AvgIpc) is 3.03. The maximum atomic E-state index is 5.03. The first-order valence-corrected chi connectivity index (χ1v) is 7.87. The van der Waals surface area contributed by atoms with Crippen molar-refractivity contribution in [3.8, 4) is 0 Å². The summed E-state index contributed by atoms with van der Waals surface area (Å²) >= 11 is 3.65. The normalized spacial score (nSPS) is 11.2. The number of aryl methyl sites for hydroxylation is 2. The van der Waals surface area contributed by atoms with Gasteiger partial charge in [0.1, 0.15) is 0 Å². The standard InChI is InChI=1S/C14H22BrN5O/c1-4-12-14(15)13(19(2)18-12)10-20-11(5-6-17-20)9-16-7-8-21-3/h5-6,16H,4,7-10H2,1-3H3. The van der Waals surface area contributed by atoms with Crippen LogP contribution in [0, 0.1) is 0 Å². The summed E-state index contributed by atoms with van der Waals surface area (Å²) < 4.78 is 10.0. The second-order valence-electron chi connectivity index (χ2n) is 4.83. The Kier molecular flexibility index (Phi) is 5.96. The molecule has 0 radical (unpaired) electrons. The van der Waals surface area contributed by atoms with Gasteiger partial charge in [0.25, 0.3) is 0 Å². The molecule has 0 aromatic carbocycles. The van der Waals surface area contributed by atoms with E-state index in [0.717, 1.165) is 41.1 Å². The minimum atomic E-state index is 0.707. The summed E-state index contributed by atoms with van der Waals surface area (Å²) in [6.45, 7) is 5.13. The number of nitrogens with one attached hydrogen (secondary N) is 1. The highest BCUT2D eigenvalue weighted by Gasteiger charge is 2.14. The smallest absolute Gasteiger partial charge is 0.0843 e. The summed E-state index contributed by atoms with van der Waals surface area (Å²) in [7, 11) is 3.68. The van der Waals surface area contributed by atoms with Gasteiger partial charge in [0.2, 0.25) is 0 Å². The number of nitrogens with zero attached hydrogens (tertiary/aromatic N) is 4. The second-order valence-corrected chi connectivity index (χ2v) is 5.63. The van der Waals surface area contributed by atoms with E-state index in [9.17, 15) is 0 Å². The molecule has 0 spiro atoms. The summed E-state index contributed by atoms with van der Waals surface area (Å²) in [6.07, 6.45) is 2.75. The van der Waals surface area contributed by atoms with E-state index < -0.39 is 0 Å². The predicted octanol–water partition coefficient (Wildman–Crippen LogP) is 1.73. The van der Waals surface area contributed by atoms with E-state index in [1.165, 1.54) is 0 Å². The molecule has 0 saturated heterocycles. The van der Waals surface area contributed by atoms with Gasteiger partial charge in [-0.15, -0.1) is 0 Å². The molecule has 0 saturated carbocycles. The van der Waals surface area contributed by atoms with Crippen molar-refractivity contribution in [3.05, 3.63) is 33.8 Å². The van der Waals surface area contributed by atoms with Gasteiger partial charge in [0.05, 0.1) is 34.7 Å². The van der Waals surface area contributed by atoms with Gasteiger partial charge in [-0.1, -0.05) is 6.92 Å². The molecular formula is C14H22BrN5O. The summed E-state index contributed by atoms with van der Waals surface area (Å²) in [5.41, 5.74) is 3.37. The Bertz CT molecular complexity index is 578. The zero-order chi connectivity index (χ0) is 15.2. The quantitative estimate of drug-likeness (QED) is 0.732. The Morgan fingerprint density at radius 3 is 2.90 bits per heavy atom. The number of hydrogen-bond donors (Lipinski definition) is 1. The van der Waals surface area contributed by atoms with E-state index in [1.54, 1.807) is 7.11 Å². The van der Waals surface area contributed by atoms with Crippen LogP contribution in [-0.4, -0.2) is 39.8 Å². The fourth-order valence-corrected chi connectivity index (χ4v) is 2.92. The lowest BCUT2D eigenvalue weighted by atomic mass is 10.3. The van der Waals surface area contributed by atoms with Crippen LogP contribution in [0.3, 0.4) is 0 Å². The summed E-state index contributed by atoms with van der Waals surface area (Å²) in [5, 5.41) is 12.3. The molecule has 0 aliphatic heterocycles. The van der Waals surface area contributed by atoms with Crippen molar-refractivity contribution in [1.29, 1.82) is 0 Å². The number of ether oxygens (including phenoxy) is 1. The third kappa shape index (κ3) is 3.93. The highest BCUT2D eigenvalue weighted by Crippen LogP contribution is 2.22. The molecular weight excluding hydrogens is 334 g/mol. The van der Waals surface area contributed by atoms with E-state index in [0.29, 0.717) is 13.2 Å². The van der Waals surface area contributed by atoms with Crippen LogP contribution in [0.4, 0.5) is 0 Å². The van der Waals surface area contributed by atoms with Gasteiger partial charge in [0.15, 0.2) is 0 Å². The van der Waals surface area contributed by atoms with Gasteiger partial charge in [-0.3, -0.25) is 9.36 Å². The topological polar surface area (TPSA) is 56.9 Å². The number of methoxy groups -OCH3 is 1. The molecule has 7 heteroatoms. The van der Waals surface area contributed by atoms with Gasteiger partial charge >= 0.3 is 0 Å². The van der Waals surface area contributed by atoms with Crippen molar-refractivity contribution in [2.24, 2.45) is 7.05 Å². The molecule has 6 nitrogen and oxygen atoms in total. The summed E-state index contributed by atoms with van der Waals surface area (Å²) in [6, 6.07) is 2.03. The molecule has 0 bridgehead atoms. The van der Waals surface area contributed by atoms with Gasteiger partial charge in [-0.25, -0.2) is 0 Å². The Morgan fingerprint density at radius 1 is 1.43 bits per heavy atom. The van der Waals surface area contributed by atoms with E-state index in [-0.39, 0.29) is 0 Å². The molecule has 0 unspecified atom stereocenters. The monoisotopic (exact) mass is 355 g/mol.